The number of hydrogen-bond acceptors (Lipinski definition) is 5. The Morgan fingerprint density at radius 1 is 1.27 bits per heavy atom. The van der Waals surface area contributed by atoms with Crippen LogP contribution in [0.25, 0.3) is 0 Å². The van der Waals surface area contributed by atoms with Crippen molar-refractivity contribution in [3.05, 3.63) is 35.9 Å². The Bertz CT molecular complexity index is 922. The first-order valence-electron chi connectivity index (χ1n) is 10.9. The number of hydroxylamine groups is 1. The molecule has 4 atom stereocenters. The van der Waals surface area contributed by atoms with Crippen LogP contribution in [0, 0.1) is 22.2 Å². The lowest BCUT2D eigenvalue weighted by Crippen LogP contribution is -2.56. The van der Waals surface area contributed by atoms with Gasteiger partial charge in [0.1, 0.15) is 6.04 Å². The molecule has 1 heterocycles. The van der Waals surface area contributed by atoms with Gasteiger partial charge in [-0.2, -0.15) is 5.48 Å². The Balaban J connectivity index is 1.57. The summed E-state index contributed by atoms with van der Waals surface area (Å²) in [5, 5.41) is 0. The van der Waals surface area contributed by atoms with Crippen LogP contribution in [0.2, 0.25) is 0 Å². The minimum Gasteiger partial charge on any atom is -0.296 e. The summed E-state index contributed by atoms with van der Waals surface area (Å²) in [6.45, 7) is 10.5. The van der Waals surface area contributed by atoms with Crippen LogP contribution >= 0.6 is 0 Å². The predicted molar refractivity (Wildman–Crippen MR) is 116 cm³/mol. The standard InChI is InChI=1S/C23H34N2O4S/c1-21(2,3)19(24-29-14-16-9-7-6-8-10-16)20(26)25-18-13-17-11-12-23(18,22(17,4)5)15-30(25,27)28/h6-10,17-19,24H,11-15H2,1-5H3/t17?,18?,19-,23-/m0/s1. The summed E-state index contributed by atoms with van der Waals surface area (Å²) < 4.78 is 27.7. The van der Waals surface area contributed by atoms with Crippen molar-refractivity contribution in [3.8, 4) is 0 Å². The fourth-order valence-corrected chi connectivity index (χ4v) is 8.64. The highest BCUT2D eigenvalue weighted by molar-refractivity contribution is 7.90. The Hall–Kier alpha value is -1.44. The third kappa shape index (κ3) is 3.21. The molecule has 0 aromatic heterocycles. The van der Waals surface area contributed by atoms with Crippen molar-refractivity contribution in [2.75, 3.05) is 5.75 Å². The van der Waals surface area contributed by atoms with Crippen LogP contribution in [-0.2, 0) is 26.3 Å². The minimum absolute atomic E-state index is 0.0613. The number of benzene rings is 1. The van der Waals surface area contributed by atoms with Crippen molar-refractivity contribution in [1.29, 1.82) is 0 Å². The molecule has 7 heteroatoms. The van der Waals surface area contributed by atoms with Gasteiger partial charge in [-0.1, -0.05) is 65.0 Å². The van der Waals surface area contributed by atoms with Gasteiger partial charge >= 0.3 is 0 Å². The number of rotatable bonds is 5. The smallest absolute Gasteiger partial charge is 0.256 e. The fraction of sp³-hybridized carbons (Fsp3) is 0.696. The van der Waals surface area contributed by atoms with Crippen molar-refractivity contribution < 1.29 is 18.0 Å². The average molecular weight is 435 g/mol. The van der Waals surface area contributed by atoms with Crippen LogP contribution in [0.3, 0.4) is 0 Å². The molecule has 0 radical (unpaired) electrons. The number of carbonyl (C=O) groups is 1. The summed E-state index contributed by atoms with van der Waals surface area (Å²) in [6, 6.07) is 8.70. The Morgan fingerprint density at radius 3 is 2.53 bits per heavy atom. The molecule has 3 aliphatic rings. The van der Waals surface area contributed by atoms with E-state index in [9.17, 15) is 13.2 Å². The summed E-state index contributed by atoms with van der Waals surface area (Å²) in [6.07, 6.45) is 2.72. The molecular weight excluding hydrogens is 400 g/mol. The Labute approximate surface area is 180 Å². The number of carbonyl (C=O) groups excluding carboxylic acids is 1. The van der Waals surface area contributed by atoms with Crippen molar-refractivity contribution in [2.45, 2.75) is 72.6 Å². The lowest BCUT2D eigenvalue weighted by molar-refractivity contribution is -0.140. The molecule has 1 aromatic carbocycles. The first-order valence-corrected chi connectivity index (χ1v) is 12.5. The van der Waals surface area contributed by atoms with E-state index in [0.29, 0.717) is 12.5 Å². The molecule has 4 rings (SSSR count). The highest BCUT2D eigenvalue weighted by Crippen LogP contribution is 2.70. The van der Waals surface area contributed by atoms with Gasteiger partial charge in [-0.15, -0.1) is 0 Å². The monoisotopic (exact) mass is 434 g/mol. The lowest BCUT2D eigenvalue weighted by atomic mass is 9.69. The topological polar surface area (TPSA) is 75.7 Å². The second kappa shape index (κ2) is 7.04. The molecular formula is C23H34N2O4S. The van der Waals surface area contributed by atoms with Gasteiger partial charge in [-0.05, 0) is 41.6 Å². The van der Waals surface area contributed by atoms with Crippen molar-refractivity contribution in [3.63, 3.8) is 0 Å². The van der Waals surface area contributed by atoms with Gasteiger partial charge in [0, 0.05) is 5.41 Å². The maximum absolute atomic E-state index is 13.7. The maximum Gasteiger partial charge on any atom is 0.256 e. The predicted octanol–water partition coefficient (Wildman–Crippen LogP) is 3.49. The number of amides is 1. The van der Waals surface area contributed by atoms with Crippen LogP contribution in [0.4, 0.5) is 0 Å². The van der Waals surface area contributed by atoms with Crippen molar-refractivity contribution in [1.82, 2.24) is 9.79 Å². The van der Waals surface area contributed by atoms with Gasteiger partial charge in [0.15, 0.2) is 0 Å². The van der Waals surface area contributed by atoms with E-state index in [1.54, 1.807) is 0 Å². The quantitative estimate of drug-likeness (QED) is 0.718. The van der Waals surface area contributed by atoms with Gasteiger partial charge in [0.25, 0.3) is 5.91 Å². The molecule has 1 aliphatic heterocycles. The first kappa shape index (κ1) is 21.8. The average Bonchev–Trinajstić information content (AvgIpc) is 3.12. The van der Waals surface area contributed by atoms with E-state index in [4.69, 9.17) is 4.84 Å². The van der Waals surface area contributed by atoms with Crippen LogP contribution < -0.4 is 5.48 Å². The highest BCUT2D eigenvalue weighted by atomic mass is 32.2. The molecule has 6 nitrogen and oxygen atoms in total. The van der Waals surface area contributed by atoms with E-state index in [1.165, 1.54) is 4.31 Å². The zero-order valence-electron chi connectivity index (χ0n) is 18.6. The van der Waals surface area contributed by atoms with Crippen LogP contribution in [-0.4, -0.2) is 36.5 Å². The molecule has 2 unspecified atom stereocenters. The van der Waals surface area contributed by atoms with Gasteiger partial charge in [-0.25, -0.2) is 12.7 Å². The second-order valence-electron chi connectivity index (χ2n) is 10.9. The molecule has 1 saturated heterocycles. The molecule has 166 valence electrons. The van der Waals surface area contributed by atoms with E-state index < -0.39 is 21.5 Å². The summed E-state index contributed by atoms with van der Waals surface area (Å²) in [5.41, 5.74) is 3.00. The van der Waals surface area contributed by atoms with Gasteiger partial charge < -0.3 is 0 Å². The molecule has 1 aromatic rings. The SMILES string of the molecule is CC(C)(C)[C@@H](NOCc1ccccc1)C(=O)N1C2CC3CC[C@@]2(CS1(=O)=O)C3(C)C. The highest BCUT2D eigenvalue weighted by Gasteiger charge is 2.72. The molecule has 2 aliphatic carbocycles. The Kier molecular flexibility index (Phi) is 5.11. The zero-order chi connectivity index (χ0) is 21.9. The zero-order valence-corrected chi connectivity index (χ0v) is 19.5. The number of sulfonamides is 1. The van der Waals surface area contributed by atoms with Crippen molar-refractivity contribution in [2.24, 2.45) is 22.2 Å². The molecule has 1 spiro atoms. The molecule has 1 amide bonds. The molecule has 1 N–H and O–H groups in total. The van der Waals surface area contributed by atoms with Crippen molar-refractivity contribution >= 4 is 15.9 Å². The Morgan fingerprint density at radius 2 is 1.93 bits per heavy atom. The third-order valence-corrected chi connectivity index (χ3v) is 9.94. The van der Waals surface area contributed by atoms with Crippen LogP contribution in [0.5, 0.6) is 0 Å². The van der Waals surface area contributed by atoms with E-state index >= 15 is 0 Å². The number of fused-ring (bicyclic) bond motifs is 1. The summed E-state index contributed by atoms with van der Waals surface area (Å²) in [5.74, 6) is 0.172. The molecule has 30 heavy (non-hydrogen) atoms. The molecule has 2 saturated carbocycles. The third-order valence-electron chi connectivity index (χ3n) is 8.02. The fourth-order valence-electron chi connectivity index (χ4n) is 6.09. The summed E-state index contributed by atoms with van der Waals surface area (Å²) in [4.78, 5) is 19.4. The maximum atomic E-state index is 13.7. The van der Waals surface area contributed by atoms with Gasteiger partial charge in [0.2, 0.25) is 10.0 Å². The van der Waals surface area contributed by atoms with Gasteiger partial charge in [-0.3, -0.25) is 9.63 Å². The minimum atomic E-state index is -3.65. The largest absolute Gasteiger partial charge is 0.296 e. The second-order valence-corrected chi connectivity index (χ2v) is 12.8. The number of nitrogens with zero attached hydrogens (tertiary/aromatic N) is 1. The van der Waals surface area contributed by atoms with Crippen LogP contribution in [0.15, 0.2) is 30.3 Å². The first-order chi connectivity index (χ1) is 13.9. The summed E-state index contributed by atoms with van der Waals surface area (Å²) in [7, 11) is -3.65. The number of hydrogen-bond donors (Lipinski definition) is 1. The normalized spacial score (nSPS) is 32.2. The van der Waals surface area contributed by atoms with E-state index in [2.05, 4.69) is 19.3 Å². The lowest BCUT2D eigenvalue weighted by Gasteiger charge is -2.38. The summed E-state index contributed by atoms with van der Waals surface area (Å²) >= 11 is 0. The molecule has 3 fully saturated rings. The van der Waals surface area contributed by atoms with E-state index in [-0.39, 0.29) is 28.5 Å². The van der Waals surface area contributed by atoms with E-state index in [1.807, 2.05) is 51.1 Å². The molecule has 2 bridgehead atoms. The van der Waals surface area contributed by atoms with E-state index in [0.717, 1.165) is 24.8 Å². The van der Waals surface area contributed by atoms with Gasteiger partial charge in [0.05, 0.1) is 18.4 Å². The van der Waals surface area contributed by atoms with Crippen LogP contribution in [0.1, 0.15) is 59.4 Å². The number of nitrogens with one attached hydrogen (secondary N) is 1.